The molecule has 0 aliphatic heterocycles. The van der Waals surface area contributed by atoms with Gasteiger partial charge in [-0.3, -0.25) is 4.79 Å². The van der Waals surface area contributed by atoms with Crippen LogP contribution < -0.4 is 0 Å². The van der Waals surface area contributed by atoms with Gasteiger partial charge in [-0.15, -0.1) is 0 Å². The normalized spacial score (nSPS) is 15.2. The third kappa shape index (κ3) is 4.06. The number of carbonyl (C=O) groups is 1. The lowest BCUT2D eigenvalue weighted by atomic mass is 10.4. The van der Waals surface area contributed by atoms with Crippen molar-refractivity contribution in [1.29, 1.82) is 0 Å². The molecule has 8 heteroatoms. The summed E-state index contributed by atoms with van der Waals surface area (Å²) in [5, 5.41) is 0. The van der Waals surface area contributed by atoms with Crippen LogP contribution in [0.2, 0.25) is 0 Å². The summed E-state index contributed by atoms with van der Waals surface area (Å²) >= 11 is 6.56. The Balaban J connectivity index is 2.31. The third-order valence-corrected chi connectivity index (χ3v) is 6.39. The summed E-state index contributed by atoms with van der Waals surface area (Å²) in [5.74, 6) is -0.527. The Hall–Kier alpha value is -0.440. The molecular formula is C13H15Br2NO4S. The van der Waals surface area contributed by atoms with Gasteiger partial charge in [-0.2, -0.15) is 4.31 Å². The molecule has 2 rings (SSSR count). The molecule has 5 nitrogen and oxygen atoms in total. The van der Waals surface area contributed by atoms with Crippen LogP contribution in [0.15, 0.2) is 32.0 Å². The zero-order valence-corrected chi connectivity index (χ0v) is 15.4. The van der Waals surface area contributed by atoms with Gasteiger partial charge >= 0.3 is 5.97 Å². The number of hydrogen-bond acceptors (Lipinski definition) is 4. The topological polar surface area (TPSA) is 63.7 Å². The minimum Gasteiger partial charge on any atom is -0.465 e. The van der Waals surface area contributed by atoms with Gasteiger partial charge in [0.2, 0.25) is 10.0 Å². The maximum Gasteiger partial charge on any atom is 0.321 e. The molecule has 1 fully saturated rings. The van der Waals surface area contributed by atoms with E-state index in [2.05, 4.69) is 31.9 Å². The molecule has 1 saturated carbocycles. The van der Waals surface area contributed by atoms with Crippen LogP contribution in [-0.4, -0.2) is 37.9 Å². The number of esters is 1. The highest BCUT2D eigenvalue weighted by atomic mass is 79.9. The molecule has 116 valence electrons. The zero-order chi connectivity index (χ0) is 15.6. The van der Waals surface area contributed by atoms with Crippen molar-refractivity contribution in [2.75, 3.05) is 13.2 Å². The first-order valence-corrected chi connectivity index (χ1v) is 9.51. The van der Waals surface area contributed by atoms with Gasteiger partial charge in [-0.05, 0) is 53.9 Å². The van der Waals surface area contributed by atoms with E-state index in [9.17, 15) is 13.2 Å². The van der Waals surface area contributed by atoms with Gasteiger partial charge in [-0.25, -0.2) is 8.42 Å². The lowest BCUT2D eigenvalue weighted by Crippen LogP contribution is -2.38. The van der Waals surface area contributed by atoms with Crippen molar-refractivity contribution < 1.29 is 17.9 Å². The van der Waals surface area contributed by atoms with Gasteiger partial charge < -0.3 is 4.74 Å². The lowest BCUT2D eigenvalue weighted by Gasteiger charge is -2.21. The Morgan fingerprint density at radius 1 is 1.38 bits per heavy atom. The number of ether oxygens (including phenoxy) is 1. The Morgan fingerprint density at radius 2 is 2.05 bits per heavy atom. The smallest absolute Gasteiger partial charge is 0.321 e. The molecule has 0 heterocycles. The number of carbonyl (C=O) groups excluding carboxylic acids is 1. The van der Waals surface area contributed by atoms with Gasteiger partial charge in [0.1, 0.15) is 6.54 Å². The van der Waals surface area contributed by atoms with Crippen molar-refractivity contribution in [3.63, 3.8) is 0 Å². The van der Waals surface area contributed by atoms with Gasteiger partial charge in [-0.1, -0.05) is 15.9 Å². The molecule has 1 aromatic rings. The van der Waals surface area contributed by atoms with Crippen molar-refractivity contribution in [1.82, 2.24) is 4.31 Å². The minimum atomic E-state index is -3.73. The maximum atomic E-state index is 12.8. The Kier molecular flexibility index (Phi) is 5.45. The molecule has 0 amide bonds. The van der Waals surface area contributed by atoms with Crippen molar-refractivity contribution in [3.05, 3.63) is 27.1 Å². The molecule has 1 aliphatic rings. The van der Waals surface area contributed by atoms with E-state index >= 15 is 0 Å². The maximum absolute atomic E-state index is 12.8. The van der Waals surface area contributed by atoms with Crippen molar-refractivity contribution >= 4 is 47.9 Å². The predicted molar refractivity (Wildman–Crippen MR) is 85.4 cm³/mol. The van der Waals surface area contributed by atoms with Crippen molar-refractivity contribution in [3.8, 4) is 0 Å². The summed E-state index contributed by atoms with van der Waals surface area (Å²) in [7, 11) is -3.73. The van der Waals surface area contributed by atoms with Crippen LogP contribution in [0.1, 0.15) is 19.8 Å². The van der Waals surface area contributed by atoms with Crippen LogP contribution in [0.4, 0.5) is 0 Å². The van der Waals surface area contributed by atoms with Crippen LogP contribution in [0.5, 0.6) is 0 Å². The van der Waals surface area contributed by atoms with E-state index in [1.165, 1.54) is 10.4 Å². The highest BCUT2D eigenvalue weighted by molar-refractivity contribution is 9.11. The summed E-state index contributed by atoms with van der Waals surface area (Å²) in [6.07, 6.45) is 1.54. The van der Waals surface area contributed by atoms with Gasteiger partial charge in [0.25, 0.3) is 0 Å². The molecule has 1 aromatic carbocycles. The van der Waals surface area contributed by atoms with Crippen molar-refractivity contribution in [2.24, 2.45) is 0 Å². The fourth-order valence-corrected chi connectivity index (χ4v) is 5.25. The number of halogens is 2. The molecule has 0 unspecified atom stereocenters. The van der Waals surface area contributed by atoms with E-state index in [-0.39, 0.29) is 24.1 Å². The molecule has 0 aromatic heterocycles. The second-order valence-electron chi connectivity index (χ2n) is 4.66. The van der Waals surface area contributed by atoms with E-state index in [1.54, 1.807) is 19.1 Å². The molecule has 0 N–H and O–H groups in total. The highest BCUT2D eigenvalue weighted by Gasteiger charge is 2.40. The van der Waals surface area contributed by atoms with Crippen molar-refractivity contribution in [2.45, 2.75) is 30.7 Å². The molecular weight excluding hydrogens is 426 g/mol. The quantitative estimate of drug-likeness (QED) is 0.638. The molecule has 0 atom stereocenters. The summed E-state index contributed by atoms with van der Waals surface area (Å²) in [5.41, 5.74) is 0. The van der Waals surface area contributed by atoms with Gasteiger partial charge in [0, 0.05) is 15.0 Å². The first-order valence-electron chi connectivity index (χ1n) is 6.48. The summed E-state index contributed by atoms with van der Waals surface area (Å²) in [6, 6.07) is 4.73. The number of sulfonamides is 1. The fourth-order valence-electron chi connectivity index (χ4n) is 1.92. The average molecular weight is 441 g/mol. The monoisotopic (exact) mass is 439 g/mol. The molecule has 0 bridgehead atoms. The first kappa shape index (κ1) is 16.9. The molecule has 21 heavy (non-hydrogen) atoms. The van der Waals surface area contributed by atoms with E-state index in [1.807, 2.05) is 0 Å². The van der Waals surface area contributed by atoms with E-state index < -0.39 is 16.0 Å². The van der Waals surface area contributed by atoms with E-state index in [0.717, 1.165) is 17.3 Å². The van der Waals surface area contributed by atoms with Crippen LogP contribution >= 0.6 is 31.9 Å². The number of benzene rings is 1. The predicted octanol–water partition coefficient (Wildman–Crippen LogP) is 2.93. The largest absolute Gasteiger partial charge is 0.465 e. The van der Waals surface area contributed by atoms with E-state index in [4.69, 9.17) is 4.74 Å². The molecule has 1 aliphatic carbocycles. The second kappa shape index (κ2) is 6.76. The average Bonchev–Trinajstić information content (AvgIpc) is 3.19. The SMILES string of the molecule is CCOC(=O)CN(C1CC1)S(=O)(=O)c1ccc(Br)cc1Br. The zero-order valence-electron chi connectivity index (χ0n) is 11.4. The minimum absolute atomic E-state index is 0.116. The lowest BCUT2D eigenvalue weighted by molar-refractivity contribution is -0.143. The number of nitrogens with zero attached hydrogens (tertiary/aromatic N) is 1. The van der Waals surface area contributed by atoms with Crippen LogP contribution in [0, 0.1) is 0 Å². The van der Waals surface area contributed by atoms with E-state index in [0.29, 0.717) is 4.47 Å². The van der Waals surface area contributed by atoms with Gasteiger partial charge in [0.05, 0.1) is 11.5 Å². The Morgan fingerprint density at radius 3 is 2.57 bits per heavy atom. The Bertz CT molecular complexity index is 644. The van der Waals surface area contributed by atoms with Crippen LogP contribution in [0.25, 0.3) is 0 Å². The molecule has 0 spiro atoms. The number of rotatable bonds is 6. The first-order chi connectivity index (χ1) is 9.86. The van der Waals surface area contributed by atoms with Crippen LogP contribution in [0.3, 0.4) is 0 Å². The number of hydrogen-bond donors (Lipinski definition) is 0. The van der Waals surface area contributed by atoms with Gasteiger partial charge in [0.15, 0.2) is 0 Å². The highest BCUT2D eigenvalue weighted by Crippen LogP contribution is 2.35. The third-order valence-electron chi connectivity index (χ3n) is 3.02. The molecule has 0 saturated heterocycles. The Labute approximate surface area is 141 Å². The summed E-state index contributed by atoms with van der Waals surface area (Å²) in [4.78, 5) is 11.8. The second-order valence-corrected chi connectivity index (χ2v) is 8.29. The molecule has 0 radical (unpaired) electrons. The standard InChI is InChI=1S/C13H15Br2NO4S/c1-2-20-13(17)8-16(10-4-5-10)21(18,19)12-6-3-9(14)7-11(12)15/h3,6-7,10H,2,4-5,8H2,1H3. The van der Waals surface area contributed by atoms with Crippen LogP contribution in [-0.2, 0) is 19.6 Å². The fraction of sp³-hybridized carbons (Fsp3) is 0.462. The summed E-state index contributed by atoms with van der Waals surface area (Å²) in [6.45, 7) is 1.68. The summed E-state index contributed by atoms with van der Waals surface area (Å²) < 4.78 is 32.9.